The summed E-state index contributed by atoms with van der Waals surface area (Å²) in [7, 11) is 1.64. The van der Waals surface area contributed by atoms with Gasteiger partial charge in [-0.2, -0.15) is 0 Å². The first-order valence-electron chi connectivity index (χ1n) is 5.37. The summed E-state index contributed by atoms with van der Waals surface area (Å²) in [5, 5.41) is 11.4. The molecule has 0 saturated carbocycles. The summed E-state index contributed by atoms with van der Waals surface area (Å²) >= 11 is 0. The van der Waals surface area contributed by atoms with E-state index in [2.05, 4.69) is 5.16 Å². The summed E-state index contributed by atoms with van der Waals surface area (Å²) in [6.07, 6.45) is 3.41. The first-order valence-corrected chi connectivity index (χ1v) is 5.37. The highest BCUT2D eigenvalue weighted by molar-refractivity contribution is 5.96. The highest BCUT2D eigenvalue weighted by Crippen LogP contribution is 1.96. The Morgan fingerprint density at radius 2 is 2.35 bits per heavy atom. The standard InChI is InChI=1S/C11H17N3O3/c1-17-8-3-2-6-14-7-4-5-9(11(14)15)10(12)13-16/h4-5,7,16H,2-3,6,8H2,1H3,(H2,12,13). The number of rotatable bonds is 6. The Bertz CT molecular complexity index is 440. The lowest BCUT2D eigenvalue weighted by Crippen LogP contribution is -2.29. The zero-order valence-corrected chi connectivity index (χ0v) is 9.80. The number of amidine groups is 1. The van der Waals surface area contributed by atoms with Crippen molar-refractivity contribution in [2.75, 3.05) is 13.7 Å². The van der Waals surface area contributed by atoms with Crippen molar-refractivity contribution in [3.63, 3.8) is 0 Å². The van der Waals surface area contributed by atoms with Crippen molar-refractivity contribution in [2.45, 2.75) is 19.4 Å². The highest BCUT2D eigenvalue weighted by atomic mass is 16.5. The van der Waals surface area contributed by atoms with E-state index in [0.717, 1.165) is 12.8 Å². The third kappa shape index (κ3) is 3.60. The van der Waals surface area contributed by atoms with Crippen LogP contribution in [0.1, 0.15) is 18.4 Å². The minimum atomic E-state index is -0.250. The van der Waals surface area contributed by atoms with E-state index < -0.39 is 0 Å². The lowest BCUT2D eigenvalue weighted by atomic mass is 10.2. The van der Waals surface area contributed by atoms with Crippen LogP contribution in [-0.4, -0.2) is 29.3 Å². The van der Waals surface area contributed by atoms with Gasteiger partial charge >= 0.3 is 0 Å². The molecule has 17 heavy (non-hydrogen) atoms. The van der Waals surface area contributed by atoms with Crippen LogP contribution in [0.15, 0.2) is 28.3 Å². The van der Waals surface area contributed by atoms with Crippen molar-refractivity contribution in [3.05, 3.63) is 34.2 Å². The Labute approximate surface area is 99.3 Å². The fraction of sp³-hybridized carbons (Fsp3) is 0.455. The molecule has 94 valence electrons. The second kappa shape index (κ2) is 6.70. The van der Waals surface area contributed by atoms with Crippen LogP contribution in [0.5, 0.6) is 0 Å². The van der Waals surface area contributed by atoms with Gasteiger partial charge in [0.05, 0.1) is 5.56 Å². The summed E-state index contributed by atoms with van der Waals surface area (Å²) in [6.45, 7) is 1.27. The second-order valence-corrected chi connectivity index (χ2v) is 3.61. The molecule has 1 aromatic rings. The van der Waals surface area contributed by atoms with Crippen LogP contribution in [0.3, 0.4) is 0 Å². The number of nitrogens with two attached hydrogens (primary N) is 1. The maximum atomic E-state index is 11.9. The van der Waals surface area contributed by atoms with Crippen molar-refractivity contribution in [3.8, 4) is 0 Å². The summed E-state index contributed by atoms with van der Waals surface area (Å²) in [4.78, 5) is 11.9. The van der Waals surface area contributed by atoms with Gasteiger partial charge in [0, 0.05) is 26.5 Å². The lowest BCUT2D eigenvalue weighted by molar-refractivity contribution is 0.191. The van der Waals surface area contributed by atoms with Crippen LogP contribution in [0.25, 0.3) is 0 Å². The molecule has 0 aliphatic carbocycles. The Morgan fingerprint density at radius 3 is 3.00 bits per heavy atom. The van der Waals surface area contributed by atoms with Crippen LogP contribution >= 0.6 is 0 Å². The van der Waals surface area contributed by atoms with Gasteiger partial charge in [-0.15, -0.1) is 0 Å². The van der Waals surface area contributed by atoms with Gasteiger partial charge in [-0.25, -0.2) is 0 Å². The number of pyridine rings is 1. The van der Waals surface area contributed by atoms with E-state index in [0.29, 0.717) is 13.2 Å². The van der Waals surface area contributed by atoms with Crippen LogP contribution in [0.2, 0.25) is 0 Å². The fourth-order valence-electron chi connectivity index (χ4n) is 1.49. The Balaban J connectivity index is 2.77. The maximum absolute atomic E-state index is 11.9. The molecule has 0 aliphatic rings. The first kappa shape index (κ1) is 13.2. The zero-order chi connectivity index (χ0) is 12.7. The van der Waals surface area contributed by atoms with E-state index in [1.807, 2.05) is 0 Å². The molecule has 0 bridgehead atoms. The number of oxime groups is 1. The molecule has 0 aliphatic heterocycles. The number of aromatic nitrogens is 1. The molecule has 0 atom stereocenters. The molecule has 0 spiro atoms. The number of methoxy groups -OCH3 is 1. The van der Waals surface area contributed by atoms with Gasteiger partial charge in [0.2, 0.25) is 0 Å². The normalized spacial score (nSPS) is 11.7. The molecule has 0 amide bonds. The molecule has 0 radical (unpaired) electrons. The molecule has 6 heteroatoms. The van der Waals surface area contributed by atoms with Gasteiger partial charge in [-0.1, -0.05) is 5.16 Å². The van der Waals surface area contributed by atoms with Gasteiger partial charge in [0.15, 0.2) is 5.84 Å². The van der Waals surface area contributed by atoms with Gasteiger partial charge in [0.1, 0.15) is 0 Å². The average molecular weight is 239 g/mol. The largest absolute Gasteiger partial charge is 0.409 e. The molecule has 0 fully saturated rings. The summed E-state index contributed by atoms with van der Waals surface area (Å²) in [5.74, 6) is -0.166. The third-order valence-electron chi connectivity index (χ3n) is 2.40. The van der Waals surface area contributed by atoms with Crippen molar-refractivity contribution in [1.29, 1.82) is 0 Å². The molecule has 1 heterocycles. The number of ether oxygens (including phenoxy) is 1. The van der Waals surface area contributed by atoms with Gasteiger partial charge in [-0.3, -0.25) is 4.79 Å². The number of unbranched alkanes of at least 4 members (excludes halogenated alkanes) is 1. The summed E-state index contributed by atoms with van der Waals surface area (Å²) < 4.78 is 6.47. The van der Waals surface area contributed by atoms with Crippen molar-refractivity contribution in [1.82, 2.24) is 4.57 Å². The predicted octanol–water partition coefficient (Wildman–Crippen LogP) is 0.369. The van der Waals surface area contributed by atoms with Gasteiger partial charge in [0.25, 0.3) is 5.56 Å². The quantitative estimate of drug-likeness (QED) is 0.247. The van der Waals surface area contributed by atoms with Gasteiger partial charge < -0.3 is 20.2 Å². The van der Waals surface area contributed by atoms with Crippen LogP contribution < -0.4 is 11.3 Å². The van der Waals surface area contributed by atoms with Crippen molar-refractivity contribution >= 4 is 5.84 Å². The van der Waals surface area contributed by atoms with E-state index in [1.165, 1.54) is 6.07 Å². The maximum Gasteiger partial charge on any atom is 0.261 e. The first-order chi connectivity index (χ1) is 8.20. The van der Waals surface area contributed by atoms with Crippen LogP contribution in [0.4, 0.5) is 0 Å². The SMILES string of the molecule is COCCCCn1cccc(/C(N)=N/O)c1=O. The topological polar surface area (TPSA) is 89.8 Å². The van der Waals surface area contributed by atoms with Crippen molar-refractivity contribution < 1.29 is 9.94 Å². The molecular weight excluding hydrogens is 222 g/mol. The van der Waals surface area contributed by atoms with Crippen molar-refractivity contribution in [2.24, 2.45) is 10.9 Å². The molecule has 0 unspecified atom stereocenters. The number of hydrogen-bond donors (Lipinski definition) is 2. The zero-order valence-electron chi connectivity index (χ0n) is 9.80. The van der Waals surface area contributed by atoms with Crippen LogP contribution in [0, 0.1) is 0 Å². The highest BCUT2D eigenvalue weighted by Gasteiger charge is 2.06. The minimum Gasteiger partial charge on any atom is -0.409 e. The molecule has 3 N–H and O–H groups in total. The van der Waals surface area contributed by atoms with E-state index >= 15 is 0 Å². The smallest absolute Gasteiger partial charge is 0.261 e. The Hall–Kier alpha value is -1.82. The molecule has 0 aromatic carbocycles. The predicted molar refractivity (Wildman–Crippen MR) is 64.3 cm³/mol. The average Bonchev–Trinajstić information content (AvgIpc) is 2.35. The molecule has 6 nitrogen and oxygen atoms in total. The van der Waals surface area contributed by atoms with E-state index in [-0.39, 0.29) is 17.0 Å². The number of hydrogen-bond acceptors (Lipinski definition) is 4. The number of nitrogens with zero attached hydrogens (tertiary/aromatic N) is 2. The Morgan fingerprint density at radius 1 is 1.59 bits per heavy atom. The third-order valence-corrected chi connectivity index (χ3v) is 2.40. The van der Waals surface area contributed by atoms with Gasteiger partial charge in [-0.05, 0) is 25.0 Å². The summed E-state index contributed by atoms with van der Waals surface area (Å²) in [5.41, 5.74) is 5.37. The Kier molecular flexibility index (Phi) is 5.22. The fourth-order valence-corrected chi connectivity index (χ4v) is 1.49. The summed E-state index contributed by atoms with van der Waals surface area (Å²) in [6, 6.07) is 3.23. The second-order valence-electron chi connectivity index (χ2n) is 3.61. The molecule has 1 aromatic heterocycles. The lowest BCUT2D eigenvalue weighted by Gasteiger charge is -2.07. The van der Waals surface area contributed by atoms with E-state index in [9.17, 15) is 4.79 Å². The van der Waals surface area contributed by atoms with E-state index in [4.69, 9.17) is 15.7 Å². The minimum absolute atomic E-state index is 0.166. The molecular formula is C11H17N3O3. The number of aryl methyl sites for hydroxylation is 1. The van der Waals surface area contributed by atoms with E-state index in [1.54, 1.807) is 23.9 Å². The molecule has 1 rings (SSSR count). The monoisotopic (exact) mass is 239 g/mol. The molecule has 0 saturated heterocycles. The van der Waals surface area contributed by atoms with Crippen LogP contribution in [-0.2, 0) is 11.3 Å².